The van der Waals surface area contributed by atoms with E-state index in [2.05, 4.69) is 54.9 Å². The molecule has 0 aliphatic carbocycles. The van der Waals surface area contributed by atoms with Gasteiger partial charge in [0.15, 0.2) is 0 Å². The van der Waals surface area contributed by atoms with Gasteiger partial charge in [-0.3, -0.25) is 9.69 Å². The number of carbonyl (C=O) groups is 1. The zero-order valence-corrected chi connectivity index (χ0v) is 20.4. The zero-order chi connectivity index (χ0) is 23.4. The maximum atomic E-state index is 12.9. The number of aromatic amines is 1. The van der Waals surface area contributed by atoms with Gasteiger partial charge in [-0.15, -0.1) is 0 Å². The van der Waals surface area contributed by atoms with Crippen molar-refractivity contribution in [2.45, 2.75) is 57.7 Å². The van der Waals surface area contributed by atoms with E-state index in [1.807, 2.05) is 0 Å². The number of rotatable bonds is 3. The van der Waals surface area contributed by atoms with Crippen LogP contribution < -0.4 is 5.32 Å². The Morgan fingerprint density at radius 3 is 2.38 bits per heavy atom. The van der Waals surface area contributed by atoms with Crippen molar-refractivity contribution in [3.63, 3.8) is 0 Å². The molecule has 3 N–H and O–H groups in total. The van der Waals surface area contributed by atoms with E-state index in [1.54, 1.807) is 24.3 Å². The highest BCUT2D eigenvalue weighted by Crippen LogP contribution is 2.37. The fourth-order valence-corrected chi connectivity index (χ4v) is 5.07. The third kappa shape index (κ3) is 4.19. The summed E-state index contributed by atoms with van der Waals surface area (Å²) in [6.07, 6.45) is 1.71. The van der Waals surface area contributed by atoms with Gasteiger partial charge in [-0.25, -0.2) is 4.98 Å². The second-order valence-electron chi connectivity index (χ2n) is 9.86. The number of nitrogens with one attached hydrogen (secondary N) is 2. The van der Waals surface area contributed by atoms with E-state index in [0.29, 0.717) is 38.0 Å². The van der Waals surface area contributed by atoms with Gasteiger partial charge in [-0.1, -0.05) is 23.2 Å². The van der Waals surface area contributed by atoms with Crippen LogP contribution in [-0.2, 0) is 0 Å². The molecule has 1 aromatic heterocycles. The van der Waals surface area contributed by atoms with Crippen molar-refractivity contribution >= 4 is 40.1 Å². The first kappa shape index (κ1) is 22.9. The number of benzene rings is 2. The van der Waals surface area contributed by atoms with Crippen LogP contribution in [0.15, 0.2) is 30.3 Å². The van der Waals surface area contributed by atoms with E-state index in [4.69, 9.17) is 23.2 Å². The van der Waals surface area contributed by atoms with Crippen LogP contribution in [0.5, 0.6) is 5.75 Å². The largest absolute Gasteiger partial charge is 0.507 e. The molecule has 4 rings (SSSR count). The van der Waals surface area contributed by atoms with Crippen molar-refractivity contribution in [1.29, 1.82) is 0 Å². The fraction of sp³-hybridized carbons (Fsp3) is 0.417. The maximum absolute atomic E-state index is 12.9. The summed E-state index contributed by atoms with van der Waals surface area (Å²) in [6.45, 7) is 8.78. The molecule has 8 heteroatoms. The molecule has 0 bridgehead atoms. The van der Waals surface area contributed by atoms with E-state index in [1.165, 1.54) is 6.07 Å². The summed E-state index contributed by atoms with van der Waals surface area (Å²) < 4.78 is 0. The van der Waals surface area contributed by atoms with Gasteiger partial charge in [0, 0.05) is 22.7 Å². The van der Waals surface area contributed by atoms with Crippen LogP contribution in [0.2, 0.25) is 10.0 Å². The summed E-state index contributed by atoms with van der Waals surface area (Å²) in [4.78, 5) is 22.9. The number of hydrogen-bond acceptors (Lipinski definition) is 4. The average molecular weight is 475 g/mol. The van der Waals surface area contributed by atoms with Crippen LogP contribution in [0.4, 0.5) is 0 Å². The summed E-state index contributed by atoms with van der Waals surface area (Å²) in [7, 11) is 2.13. The first-order valence-electron chi connectivity index (χ1n) is 10.6. The van der Waals surface area contributed by atoms with Crippen molar-refractivity contribution < 1.29 is 9.90 Å². The molecule has 0 atom stereocenters. The molecule has 1 aliphatic heterocycles. The van der Waals surface area contributed by atoms with Crippen molar-refractivity contribution in [3.05, 3.63) is 45.9 Å². The quantitative estimate of drug-likeness (QED) is 0.459. The van der Waals surface area contributed by atoms with Crippen LogP contribution in [0.3, 0.4) is 0 Å². The van der Waals surface area contributed by atoms with Gasteiger partial charge in [0.05, 0.1) is 26.6 Å². The monoisotopic (exact) mass is 474 g/mol. The maximum Gasteiger partial charge on any atom is 0.251 e. The number of likely N-dealkylation sites (tertiary alicyclic amines) is 1. The lowest BCUT2D eigenvalue weighted by Gasteiger charge is -2.53. The molecule has 0 radical (unpaired) electrons. The number of aromatic nitrogens is 2. The Morgan fingerprint density at radius 1 is 1.12 bits per heavy atom. The van der Waals surface area contributed by atoms with Gasteiger partial charge in [-0.2, -0.15) is 0 Å². The minimum atomic E-state index is -0.198. The molecule has 170 valence electrons. The van der Waals surface area contributed by atoms with Crippen LogP contribution >= 0.6 is 23.2 Å². The summed E-state index contributed by atoms with van der Waals surface area (Å²) in [5.74, 6) is 0.246. The Morgan fingerprint density at radius 2 is 1.75 bits per heavy atom. The Labute approximate surface area is 197 Å². The van der Waals surface area contributed by atoms with Crippen molar-refractivity contribution in [3.8, 4) is 17.1 Å². The number of amides is 1. The minimum Gasteiger partial charge on any atom is -0.507 e. The number of H-pyrrole nitrogens is 1. The lowest BCUT2D eigenvalue weighted by molar-refractivity contribution is -0.0169. The average Bonchev–Trinajstić information content (AvgIpc) is 3.08. The Balaban J connectivity index is 1.55. The number of halogens is 2. The van der Waals surface area contributed by atoms with E-state index < -0.39 is 0 Å². The topological polar surface area (TPSA) is 81.2 Å². The van der Waals surface area contributed by atoms with E-state index in [9.17, 15) is 9.90 Å². The predicted octanol–water partition coefficient (Wildman–Crippen LogP) is 5.62. The predicted molar refractivity (Wildman–Crippen MR) is 130 cm³/mol. The highest BCUT2D eigenvalue weighted by atomic mass is 35.5. The second kappa shape index (κ2) is 7.94. The van der Waals surface area contributed by atoms with Gasteiger partial charge in [0.2, 0.25) is 0 Å². The molecule has 0 unspecified atom stereocenters. The standard InChI is InChI=1S/C24H28Cl2N4O2/c1-23(2)11-14(12-24(3,4)30(23)5)27-22(32)13-6-7-15(20(31)8-13)21-28-18-9-16(25)17(26)10-19(18)29-21/h6-10,14,31H,11-12H2,1-5H3,(H,27,32)(H,28,29). The first-order valence-corrected chi connectivity index (χ1v) is 11.4. The molecule has 2 aromatic carbocycles. The summed E-state index contributed by atoms with van der Waals surface area (Å²) in [5, 5.41) is 14.6. The number of phenolic OH excluding ortho intramolecular Hbond substituents is 1. The lowest BCUT2D eigenvalue weighted by atomic mass is 9.77. The second-order valence-corrected chi connectivity index (χ2v) is 10.7. The van der Waals surface area contributed by atoms with Crippen molar-refractivity contribution in [2.75, 3.05) is 7.05 Å². The lowest BCUT2D eigenvalue weighted by Crippen LogP contribution is -2.62. The number of phenols is 1. The molecule has 0 saturated carbocycles. The van der Waals surface area contributed by atoms with Gasteiger partial charge >= 0.3 is 0 Å². The number of imidazole rings is 1. The Bertz CT molecular complexity index is 1150. The molecule has 1 aliphatic rings. The third-order valence-corrected chi connectivity index (χ3v) is 7.40. The van der Waals surface area contributed by atoms with Crippen LogP contribution in [0.1, 0.15) is 50.9 Å². The van der Waals surface area contributed by atoms with E-state index >= 15 is 0 Å². The summed E-state index contributed by atoms with van der Waals surface area (Å²) in [6, 6.07) is 8.27. The molecule has 2 heterocycles. The van der Waals surface area contributed by atoms with E-state index in [0.717, 1.165) is 12.8 Å². The Kier molecular flexibility index (Phi) is 5.68. The van der Waals surface area contributed by atoms with Gasteiger partial charge in [0.1, 0.15) is 11.6 Å². The van der Waals surface area contributed by atoms with Crippen molar-refractivity contribution in [2.24, 2.45) is 0 Å². The van der Waals surface area contributed by atoms with E-state index in [-0.39, 0.29) is 28.8 Å². The summed E-state index contributed by atoms with van der Waals surface area (Å²) in [5.41, 5.74) is 2.19. The highest BCUT2D eigenvalue weighted by Gasteiger charge is 2.43. The zero-order valence-electron chi connectivity index (χ0n) is 18.9. The molecular weight excluding hydrogens is 447 g/mol. The van der Waals surface area contributed by atoms with Crippen LogP contribution in [0.25, 0.3) is 22.4 Å². The third-order valence-electron chi connectivity index (χ3n) is 6.68. The van der Waals surface area contributed by atoms with Gasteiger partial charge in [-0.05, 0) is 77.9 Å². The smallest absolute Gasteiger partial charge is 0.251 e. The number of hydrogen-bond donors (Lipinski definition) is 3. The molecular formula is C24H28Cl2N4O2. The van der Waals surface area contributed by atoms with Gasteiger partial charge < -0.3 is 15.4 Å². The summed E-state index contributed by atoms with van der Waals surface area (Å²) >= 11 is 12.1. The number of aromatic hydroxyl groups is 1. The molecule has 1 saturated heterocycles. The first-order chi connectivity index (χ1) is 14.9. The molecule has 32 heavy (non-hydrogen) atoms. The number of fused-ring (bicyclic) bond motifs is 1. The number of carbonyl (C=O) groups excluding carboxylic acids is 1. The SMILES string of the molecule is CN1C(C)(C)CC(NC(=O)c2ccc(-c3nc4cc(Cl)c(Cl)cc4[nH]3)c(O)c2)CC1(C)C. The highest BCUT2D eigenvalue weighted by molar-refractivity contribution is 6.42. The normalized spacial score (nSPS) is 18.7. The Hall–Kier alpha value is -2.28. The van der Waals surface area contributed by atoms with Crippen molar-refractivity contribution in [1.82, 2.24) is 20.2 Å². The molecule has 0 spiro atoms. The molecule has 3 aromatic rings. The fourth-order valence-electron chi connectivity index (χ4n) is 4.75. The van der Waals surface area contributed by atoms with Crippen LogP contribution in [-0.4, -0.2) is 50.0 Å². The number of nitrogens with zero attached hydrogens (tertiary/aromatic N) is 2. The molecule has 6 nitrogen and oxygen atoms in total. The van der Waals surface area contributed by atoms with Gasteiger partial charge in [0.25, 0.3) is 5.91 Å². The molecule has 1 amide bonds. The van der Waals surface area contributed by atoms with Crippen LogP contribution in [0, 0.1) is 0 Å². The molecule has 1 fully saturated rings. The minimum absolute atomic E-state index is 0.0290. The number of piperidine rings is 1.